The Bertz CT molecular complexity index is 1080. The van der Waals surface area contributed by atoms with E-state index in [0.29, 0.717) is 0 Å². The normalized spacial score (nSPS) is 11.7. The Balaban J connectivity index is 0.000000327. The first-order valence-corrected chi connectivity index (χ1v) is 9.69. The van der Waals surface area contributed by atoms with Crippen molar-refractivity contribution in [3.05, 3.63) is 90.8 Å². The maximum atomic E-state index is 4.43. The smallest absolute Gasteiger partial charge is 1.00 e. The number of allylic oxidation sites excluding steroid dienone is 4. The van der Waals surface area contributed by atoms with E-state index in [4.69, 9.17) is 0 Å². The predicted molar refractivity (Wildman–Crippen MR) is 114 cm³/mol. The first-order valence-electron chi connectivity index (χ1n) is 9.69. The Morgan fingerprint density at radius 3 is 2.57 bits per heavy atom. The molecule has 5 heteroatoms. The minimum atomic E-state index is 0. The van der Waals surface area contributed by atoms with Crippen molar-refractivity contribution in [3.63, 3.8) is 0 Å². The van der Waals surface area contributed by atoms with Crippen LogP contribution >= 0.6 is 0 Å². The number of hydrogen-bond donors (Lipinski definition) is 0. The molecule has 1 aromatic heterocycles. The largest absolute Gasteiger partial charge is 4.00 e. The number of hydrogen-bond acceptors (Lipinski definition) is 1. The molecule has 2 nitrogen and oxygen atoms in total. The number of rotatable bonds is 4. The van der Waals surface area contributed by atoms with Crippen LogP contribution in [-0.2, 0) is 26.2 Å². The number of para-hydroxylation sites is 2. The number of nitrogens with zero attached hydrogens (tertiary/aromatic N) is 2. The summed E-state index contributed by atoms with van der Waals surface area (Å²) in [7, 11) is 0. The van der Waals surface area contributed by atoms with Crippen molar-refractivity contribution in [1.82, 2.24) is 9.55 Å². The molecule has 0 bridgehead atoms. The van der Waals surface area contributed by atoms with Gasteiger partial charge >= 0.3 is 26.2 Å². The summed E-state index contributed by atoms with van der Waals surface area (Å²) in [6.07, 6.45) is 14.4. The van der Waals surface area contributed by atoms with Gasteiger partial charge in [-0.1, -0.05) is 44.4 Å². The van der Waals surface area contributed by atoms with E-state index in [1.807, 2.05) is 24.5 Å². The van der Waals surface area contributed by atoms with Crippen molar-refractivity contribution in [3.8, 4) is 5.69 Å². The van der Waals surface area contributed by atoms with Crippen LogP contribution in [0.2, 0.25) is 0 Å². The number of aromatic nitrogens is 2. The zero-order chi connectivity index (χ0) is 18.5. The van der Waals surface area contributed by atoms with Crippen LogP contribution in [0.5, 0.6) is 0 Å². The molecule has 1 aliphatic carbocycles. The van der Waals surface area contributed by atoms with Crippen LogP contribution in [0, 0.1) is 6.08 Å². The zero-order valence-electron chi connectivity index (χ0n) is 17.0. The summed E-state index contributed by atoms with van der Waals surface area (Å²) in [5, 5.41) is 2.54. The summed E-state index contributed by atoms with van der Waals surface area (Å²) in [5.41, 5.74) is 4.76. The van der Waals surface area contributed by atoms with E-state index in [9.17, 15) is 0 Å². The fraction of sp³-hybridized carbons (Fsp3) is 0.200. The minimum absolute atomic E-state index is 0. The molecule has 1 heterocycles. The second-order valence-corrected chi connectivity index (χ2v) is 6.86. The molecule has 5 rings (SSSR count). The number of halogens is 2. The Morgan fingerprint density at radius 2 is 1.83 bits per heavy atom. The van der Waals surface area contributed by atoms with Gasteiger partial charge in [0.05, 0.1) is 17.4 Å². The molecular weight excluding hydrogens is 490 g/mol. The van der Waals surface area contributed by atoms with Crippen LogP contribution < -0.4 is 24.8 Å². The molecule has 0 saturated heterocycles. The molecule has 4 aromatic rings. The van der Waals surface area contributed by atoms with Crippen molar-refractivity contribution < 1.29 is 51.0 Å². The average molecular weight is 515 g/mol. The second-order valence-electron chi connectivity index (χ2n) is 6.86. The Hall–Kier alpha value is -1.54. The molecule has 0 spiro atoms. The second kappa shape index (κ2) is 13.0. The van der Waals surface area contributed by atoms with Gasteiger partial charge in [-0.25, -0.2) is 16.6 Å². The first kappa shape index (κ1) is 26.5. The van der Waals surface area contributed by atoms with Crippen LogP contribution in [0.15, 0.2) is 84.7 Å². The first-order chi connectivity index (χ1) is 13.3. The van der Waals surface area contributed by atoms with Gasteiger partial charge in [0.25, 0.3) is 0 Å². The van der Waals surface area contributed by atoms with E-state index in [1.54, 1.807) is 0 Å². The minimum Gasteiger partial charge on any atom is -1.00 e. The summed E-state index contributed by atoms with van der Waals surface area (Å²) >= 11 is 0. The number of unbranched alkanes of at least 4 members (excludes halogenated alkanes) is 1. The van der Waals surface area contributed by atoms with Crippen LogP contribution in [0.25, 0.3) is 27.5 Å². The maximum Gasteiger partial charge on any atom is 4.00 e. The van der Waals surface area contributed by atoms with Gasteiger partial charge in [-0.3, -0.25) is 6.08 Å². The molecule has 0 fully saturated rings. The van der Waals surface area contributed by atoms with E-state index >= 15 is 0 Å². The molecule has 0 unspecified atom stereocenters. The SMILES string of the molecule is CCCCC1=[C-]CC=C1.[Cl-].[Cl-].[Zr+4].c1ccc2[cH-]c(-n3cnc4ccccc43)cc2c1. The zero-order valence-corrected chi connectivity index (χ0v) is 21.0. The van der Waals surface area contributed by atoms with E-state index in [2.05, 4.69) is 77.2 Å². The summed E-state index contributed by atoms with van der Waals surface area (Å²) in [6.45, 7) is 2.22. The van der Waals surface area contributed by atoms with Gasteiger partial charge in [-0.05, 0) is 17.8 Å². The molecule has 1 aliphatic rings. The molecule has 30 heavy (non-hydrogen) atoms. The molecular formula is C25H24Cl2N2Zr. The average Bonchev–Trinajstić information content (AvgIpc) is 3.45. The Labute approximate surface area is 210 Å². The van der Waals surface area contributed by atoms with Gasteiger partial charge < -0.3 is 29.4 Å². The molecule has 0 atom stereocenters. The summed E-state index contributed by atoms with van der Waals surface area (Å²) in [5.74, 6) is 0. The molecule has 3 aromatic carbocycles. The third-order valence-electron chi connectivity index (χ3n) is 4.90. The van der Waals surface area contributed by atoms with Gasteiger partial charge in [0.1, 0.15) is 0 Å². The van der Waals surface area contributed by atoms with E-state index in [-0.39, 0.29) is 51.0 Å². The van der Waals surface area contributed by atoms with Gasteiger partial charge in [-0.2, -0.15) is 6.08 Å². The standard InChI is InChI=1S/C16H11N2.C9H13.2ClH.Zr/c1-2-6-13-10-14(9-12(13)5-1)18-11-17-15-7-3-4-8-16(15)18;1-2-3-6-9-7-4-5-8-9;;;/h1-11H;4,7H,2-3,5-6H2,1H3;2*1H;/q2*-1;;;+4/p-2. The van der Waals surface area contributed by atoms with E-state index in [0.717, 1.165) is 17.5 Å². The Morgan fingerprint density at radius 1 is 1.07 bits per heavy atom. The monoisotopic (exact) mass is 512 g/mol. The maximum absolute atomic E-state index is 4.43. The van der Waals surface area contributed by atoms with E-state index < -0.39 is 0 Å². The summed E-state index contributed by atoms with van der Waals surface area (Å²) in [4.78, 5) is 4.43. The number of imidazole rings is 1. The fourth-order valence-corrected chi connectivity index (χ4v) is 3.43. The third-order valence-corrected chi connectivity index (χ3v) is 4.90. The van der Waals surface area contributed by atoms with Crippen molar-refractivity contribution in [2.75, 3.05) is 0 Å². The van der Waals surface area contributed by atoms with Crippen molar-refractivity contribution in [2.45, 2.75) is 32.6 Å². The number of benzene rings is 2. The molecule has 0 amide bonds. The van der Waals surface area contributed by atoms with Gasteiger partial charge in [0.2, 0.25) is 0 Å². The van der Waals surface area contributed by atoms with Crippen molar-refractivity contribution in [2.24, 2.45) is 0 Å². The quantitative estimate of drug-likeness (QED) is 0.368. The molecule has 0 aliphatic heterocycles. The molecule has 0 N–H and O–H groups in total. The van der Waals surface area contributed by atoms with Crippen molar-refractivity contribution >= 4 is 21.8 Å². The Kier molecular flexibility index (Phi) is 11.5. The van der Waals surface area contributed by atoms with Gasteiger partial charge in [0, 0.05) is 0 Å². The number of fused-ring (bicyclic) bond motifs is 2. The molecule has 0 radical (unpaired) electrons. The van der Waals surface area contributed by atoms with Crippen LogP contribution in [0.1, 0.15) is 32.6 Å². The van der Waals surface area contributed by atoms with Crippen molar-refractivity contribution in [1.29, 1.82) is 0 Å². The fourth-order valence-electron chi connectivity index (χ4n) is 3.43. The van der Waals surface area contributed by atoms with Gasteiger partial charge in [0.15, 0.2) is 0 Å². The van der Waals surface area contributed by atoms with Crippen LogP contribution in [0.3, 0.4) is 0 Å². The summed E-state index contributed by atoms with van der Waals surface area (Å²) < 4.78 is 2.13. The van der Waals surface area contributed by atoms with Crippen LogP contribution in [0.4, 0.5) is 0 Å². The van der Waals surface area contributed by atoms with Crippen LogP contribution in [-0.4, -0.2) is 9.55 Å². The van der Waals surface area contributed by atoms with E-state index in [1.165, 1.54) is 41.3 Å². The van der Waals surface area contributed by atoms with Gasteiger partial charge in [-0.15, -0.1) is 47.5 Å². The molecule has 152 valence electrons. The topological polar surface area (TPSA) is 17.8 Å². The predicted octanol–water partition coefficient (Wildman–Crippen LogP) is 0.769. The third kappa shape index (κ3) is 6.23. The summed E-state index contributed by atoms with van der Waals surface area (Å²) in [6, 6.07) is 21.0. The molecule has 0 saturated carbocycles.